The minimum Gasteiger partial charge on any atom is -0.449 e. The van der Waals surface area contributed by atoms with Gasteiger partial charge in [-0.25, -0.2) is 4.79 Å². The Morgan fingerprint density at radius 3 is 2.62 bits per heavy atom. The fourth-order valence-corrected chi connectivity index (χ4v) is 1.37. The van der Waals surface area contributed by atoms with Gasteiger partial charge in [0.2, 0.25) is 0 Å². The second-order valence-electron chi connectivity index (χ2n) is 1.98. The van der Waals surface area contributed by atoms with Crippen molar-refractivity contribution in [3.63, 3.8) is 0 Å². The smallest absolute Gasteiger partial charge is 0.449 e. The molecule has 0 spiro atoms. The molecule has 1 heterocycles. The summed E-state index contributed by atoms with van der Waals surface area (Å²) in [7, 11) is 0. The Kier molecular flexibility index (Phi) is 2.46. The third-order valence-corrected chi connectivity index (χ3v) is 2.02. The molecule has 0 bridgehead atoms. The normalized spacial score (nSPS) is 11.3. The van der Waals surface area contributed by atoms with Gasteiger partial charge in [-0.15, -0.1) is 11.3 Å². The van der Waals surface area contributed by atoms with E-state index in [9.17, 15) is 18.0 Å². The zero-order valence-corrected chi connectivity index (χ0v) is 6.78. The monoisotopic (exact) mass is 212 g/mol. The van der Waals surface area contributed by atoms with Gasteiger partial charge in [0.05, 0.1) is 0 Å². The van der Waals surface area contributed by atoms with Crippen molar-refractivity contribution < 1.29 is 27.8 Å². The summed E-state index contributed by atoms with van der Waals surface area (Å²) in [6.07, 6.45) is -6.33. The van der Waals surface area contributed by atoms with Crippen molar-refractivity contribution in [2.75, 3.05) is 0 Å². The van der Waals surface area contributed by atoms with Crippen molar-refractivity contribution in [2.45, 2.75) is 6.18 Å². The summed E-state index contributed by atoms with van der Waals surface area (Å²) in [5, 5.41) is 9.20. The highest BCUT2D eigenvalue weighted by Gasteiger charge is 2.36. The molecule has 0 saturated carbocycles. The highest BCUT2D eigenvalue weighted by atomic mass is 32.1. The minimum absolute atomic E-state index is 0.385. The van der Waals surface area contributed by atoms with E-state index < -0.39 is 23.0 Å². The van der Waals surface area contributed by atoms with Gasteiger partial charge in [-0.05, 0) is 11.4 Å². The molecular formula is C6H3F3O3S. The van der Waals surface area contributed by atoms with Crippen LogP contribution in [0.5, 0.6) is 5.75 Å². The first-order valence-electron chi connectivity index (χ1n) is 2.96. The molecule has 0 unspecified atom stereocenters. The zero-order valence-electron chi connectivity index (χ0n) is 5.96. The van der Waals surface area contributed by atoms with Crippen molar-refractivity contribution in [3.05, 3.63) is 16.3 Å². The predicted octanol–water partition coefficient (Wildman–Crippen LogP) is 2.82. The van der Waals surface area contributed by atoms with Crippen LogP contribution in [0.3, 0.4) is 0 Å². The summed E-state index contributed by atoms with van der Waals surface area (Å²) in [5.74, 6) is -0.676. The highest BCUT2D eigenvalue weighted by Crippen LogP contribution is 2.40. The summed E-state index contributed by atoms with van der Waals surface area (Å²) < 4.78 is 40.1. The molecule has 72 valence electrons. The van der Waals surface area contributed by atoms with E-state index in [4.69, 9.17) is 5.11 Å². The largest absolute Gasteiger partial charge is 0.511 e. The first-order valence-corrected chi connectivity index (χ1v) is 3.84. The van der Waals surface area contributed by atoms with Crippen LogP contribution in [0.1, 0.15) is 4.88 Å². The fraction of sp³-hybridized carbons (Fsp3) is 0.167. The van der Waals surface area contributed by atoms with Crippen molar-refractivity contribution in [3.8, 4) is 5.75 Å². The van der Waals surface area contributed by atoms with E-state index in [-0.39, 0.29) is 0 Å². The highest BCUT2D eigenvalue weighted by molar-refractivity contribution is 7.10. The number of carboxylic acid groups (broad SMARTS) is 1. The average Bonchev–Trinajstić information content (AvgIpc) is 2.31. The summed E-state index contributed by atoms with van der Waals surface area (Å²) in [6.45, 7) is 0. The quantitative estimate of drug-likeness (QED) is 0.728. The van der Waals surface area contributed by atoms with Gasteiger partial charge < -0.3 is 9.84 Å². The molecule has 0 fully saturated rings. The summed E-state index contributed by atoms with van der Waals surface area (Å²) in [5.41, 5.74) is 0. The number of thiophene rings is 1. The van der Waals surface area contributed by atoms with E-state index in [0.717, 1.165) is 11.4 Å². The Bertz CT molecular complexity index is 317. The maximum absolute atomic E-state index is 12.1. The molecule has 0 aliphatic rings. The van der Waals surface area contributed by atoms with E-state index in [1.807, 2.05) is 0 Å². The van der Waals surface area contributed by atoms with Gasteiger partial charge >= 0.3 is 12.3 Å². The van der Waals surface area contributed by atoms with E-state index >= 15 is 0 Å². The molecule has 1 rings (SSSR count). The van der Waals surface area contributed by atoms with Crippen LogP contribution in [-0.4, -0.2) is 11.3 Å². The van der Waals surface area contributed by atoms with E-state index in [1.165, 1.54) is 0 Å². The zero-order chi connectivity index (χ0) is 10.1. The van der Waals surface area contributed by atoms with Crippen LogP contribution in [0, 0.1) is 0 Å². The third-order valence-electron chi connectivity index (χ3n) is 1.08. The van der Waals surface area contributed by atoms with Crippen LogP contribution in [-0.2, 0) is 6.18 Å². The molecule has 1 aromatic heterocycles. The Balaban J connectivity index is 2.96. The Morgan fingerprint density at radius 2 is 2.15 bits per heavy atom. The van der Waals surface area contributed by atoms with Gasteiger partial charge in [0.15, 0.2) is 10.6 Å². The number of hydrogen-bond acceptors (Lipinski definition) is 3. The number of halogens is 3. The summed E-state index contributed by atoms with van der Waals surface area (Å²) in [4.78, 5) is 8.91. The lowest BCUT2D eigenvalue weighted by molar-refractivity contribution is -0.135. The lowest BCUT2D eigenvalue weighted by Crippen LogP contribution is -2.08. The molecule has 0 aliphatic carbocycles. The maximum atomic E-state index is 12.1. The average molecular weight is 212 g/mol. The molecule has 0 radical (unpaired) electrons. The molecule has 0 amide bonds. The van der Waals surface area contributed by atoms with Crippen molar-refractivity contribution in [2.24, 2.45) is 0 Å². The molecule has 1 aromatic rings. The Labute approximate surface area is 74.4 Å². The number of alkyl halides is 3. The molecule has 0 atom stereocenters. The summed E-state index contributed by atoms with van der Waals surface area (Å²) in [6, 6.07) is 0.960. The van der Waals surface area contributed by atoms with Crippen LogP contribution < -0.4 is 4.74 Å². The van der Waals surface area contributed by atoms with E-state index in [0.29, 0.717) is 11.3 Å². The van der Waals surface area contributed by atoms with Crippen LogP contribution in [0.2, 0.25) is 0 Å². The van der Waals surface area contributed by atoms with Crippen molar-refractivity contribution >= 4 is 17.5 Å². The summed E-state index contributed by atoms with van der Waals surface area (Å²) >= 11 is 0.385. The molecule has 0 aromatic carbocycles. The second-order valence-corrected chi connectivity index (χ2v) is 2.90. The van der Waals surface area contributed by atoms with Crippen LogP contribution in [0.25, 0.3) is 0 Å². The Morgan fingerprint density at radius 1 is 1.54 bits per heavy atom. The minimum atomic E-state index is -4.57. The first kappa shape index (κ1) is 9.85. The molecule has 3 nitrogen and oxygen atoms in total. The topological polar surface area (TPSA) is 46.5 Å². The standard InChI is InChI=1S/C6H3F3O3S/c7-6(8,9)4-3(1-2-13-4)12-5(10)11/h1-2H,(H,10,11). The number of carbonyl (C=O) groups is 1. The van der Waals surface area contributed by atoms with Crippen LogP contribution in [0.15, 0.2) is 11.4 Å². The van der Waals surface area contributed by atoms with Gasteiger partial charge in [-0.3, -0.25) is 0 Å². The van der Waals surface area contributed by atoms with Gasteiger partial charge in [-0.1, -0.05) is 0 Å². The van der Waals surface area contributed by atoms with Crippen molar-refractivity contribution in [1.29, 1.82) is 0 Å². The maximum Gasteiger partial charge on any atom is 0.511 e. The number of hydrogen-bond donors (Lipinski definition) is 1. The van der Waals surface area contributed by atoms with Gasteiger partial charge in [0.25, 0.3) is 0 Å². The van der Waals surface area contributed by atoms with Gasteiger partial charge in [0.1, 0.15) is 0 Å². The molecule has 7 heteroatoms. The van der Waals surface area contributed by atoms with Crippen LogP contribution >= 0.6 is 11.3 Å². The molecule has 0 aliphatic heterocycles. The Hall–Kier alpha value is -1.24. The molecule has 1 N–H and O–H groups in total. The lowest BCUT2D eigenvalue weighted by atomic mass is 10.4. The SMILES string of the molecule is O=C(O)Oc1ccsc1C(F)(F)F. The molecule has 0 saturated heterocycles. The first-order chi connectivity index (χ1) is 5.91. The second kappa shape index (κ2) is 3.25. The number of rotatable bonds is 1. The van der Waals surface area contributed by atoms with Gasteiger partial charge in [0, 0.05) is 0 Å². The predicted molar refractivity (Wildman–Crippen MR) is 38.0 cm³/mol. The van der Waals surface area contributed by atoms with E-state index in [2.05, 4.69) is 4.74 Å². The fourth-order valence-electron chi connectivity index (χ4n) is 0.679. The molecule has 13 heavy (non-hydrogen) atoms. The lowest BCUT2D eigenvalue weighted by Gasteiger charge is -2.05. The number of ether oxygens (including phenoxy) is 1. The third kappa shape index (κ3) is 2.35. The molecular weight excluding hydrogens is 209 g/mol. The van der Waals surface area contributed by atoms with Crippen molar-refractivity contribution in [1.82, 2.24) is 0 Å². The van der Waals surface area contributed by atoms with E-state index in [1.54, 1.807) is 0 Å². The van der Waals surface area contributed by atoms with Gasteiger partial charge in [-0.2, -0.15) is 13.2 Å². The van der Waals surface area contributed by atoms with Crippen LogP contribution in [0.4, 0.5) is 18.0 Å².